The fraction of sp³-hybridized carbons (Fsp3) is 0.294. The normalized spacial score (nSPS) is 14.5. The Morgan fingerprint density at radius 1 is 1.00 bits per heavy atom. The van der Waals surface area contributed by atoms with E-state index < -0.39 is 0 Å². The molecule has 1 aliphatic rings. The molecule has 1 amide bonds. The predicted octanol–water partition coefficient (Wildman–Crippen LogP) is 0.474. The second-order valence-electron chi connectivity index (χ2n) is 6.03. The molecule has 0 aliphatic carbocycles. The van der Waals surface area contributed by atoms with Gasteiger partial charge in [0.1, 0.15) is 6.33 Å². The van der Waals surface area contributed by atoms with Crippen molar-refractivity contribution in [3.05, 3.63) is 60.2 Å². The highest BCUT2D eigenvalue weighted by Gasteiger charge is 2.23. The minimum Gasteiger partial charge on any atom is -0.337 e. The molecular weight excluding hydrogens is 332 g/mol. The third kappa shape index (κ3) is 3.51. The van der Waals surface area contributed by atoms with Crippen molar-refractivity contribution in [3.63, 3.8) is 0 Å². The van der Waals surface area contributed by atoms with Crippen molar-refractivity contribution < 1.29 is 4.79 Å². The third-order valence-electron chi connectivity index (χ3n) is 4.34. The molecule has 0 bridgehead atoms. The Kier molecular flexibility index (Phi) is 4.50. The highest BCUT2D eigenvalue weighted by molar-refractivity contribution is 5.94. The summed E-state index contributed by atoms with van der Waals surface area (Å²) >= 11 is 0. The van der Waals surface area contributed by atoms with Gasteiger partial charge in [-0.05, 0) is 34.2 Å². The molecule has 1 aliphatic heterocycles. The van der Waals surface area contributed by atoms with Gasteiger partial charge < -0.3 is 9.80 Å². The quantitative estimate of drug-likeness (QED) is 0.675. The molecular formula is C17H18N8O. The predicted molar refractivity (Wildman–Crippen MR) is 93.5 cm³/mol. The van der Waals surface area contributed by atoms with Crippen molar-refractivity contribution in [2.24, 2.45) is 0 Å². The molecule has 0 unspecified atom stereocenters. The van der Waals surface area contributed by atoms with E-state index in [0.717, 1.165) is 18.7 Å². The number of amides is 1. The lowest BCUT2D eigenvalue weighted by Crippen LogP contribution is -2.49. The summed E-state index contributed by atoms with van der Waals surface area (Å²) in [6.45, 7) is 3.35. The van der Waals surface area contributed by atoms with E-state index in [1.54, 1.807) is 29.5 Å². The number of rotatable bonds is 4. The molecule has 9 heteroatoms. The summed E-state index contributed by atoms with van der Waals surface area (Å²) in [5.74, 6) is 0.763. The molecule has 0 spiro atoms. The van der Waals surface area contributed by atoms with E-state index in [2.05, 4.69) is 30.4 Å². The maximum absolute atomic E-state index is 12.7. The highest BCUT2D eigenvalue weighted by Crippen LogP contribution is 2.13. The zero-order valence-electron chi connectivity index (χ0n) is 14.1. The number of aromatic nitrogens is 6. The smallest absolute Gasteiger partial charge is 0.253 e. The molecule has 0 radical (unpaired) electrons. The van der Waals surface area contributed by atoms with Crippen molar-refractivity contribution in [1.29, 1.82) is 0 Å². The summed E-state index contributed by atoms with van der Waals surface area (Å²) in [5, 5.41) is 11.1. The van der Waals surface area contributed by atoms with E-state index in [9.17, 15) is 4.79 Å². The number of benzene rings is 1. The van der Waals surface area contributed by atoms with Crippen LogP contribution in [-0.4, -0.2) is 67.2 Å². The van der Waals surface area contributed by atoms with E-state index in [0.29, 0.717) is 31.1 Å². The van der Waals surface area contributed by atoms with Crippen LogP contribution in [0, 0.1) is 0 Å². The molecule has 9 nitrogen and oxygen atoms in total. The average molecular weight is 350 g/mol. The summed E-state index contributed by atoms with van der Waals surface area (Å²) in [4.78, 5) is 25.2. The first-order valence-corrected chi connectivity index (χ1v) is 8.40. The standard InChI is InChI=1S/C17H18N8O/c26-16(15-4-2-14(3-5-15)12-25-13-20-21-22-25)23-8-10-24(11-9-23)17-18-6-1-7-19-17/h1-7,13H,8-12H2. The molecule has 4 rings (SSSR count). The minimum absolute atomic E-state index is 0.0487. The first kappa shape index (κ1) is 16.1. The first-order valence-electron chi connectivity index (χ1n) is 8.40. The van der Waals surface area contributed by atoms with Gasteiger partial charge >= 0.3 is 0 Å². The SMILES string of the molecule is O=C(c1ccc(Cn2cnnn2)cc1)N1CCN(c2ncccn2)CC1. The number of hydrogen-bond donors (Lipinski definition) is 0. The number of carbonyl (C=O) groups is 1. The summed E-state index contributed by atoms with van der Waals surface area (Å²) in [7, 11) is 0. The van der Waals surface area contributed by atoms with E-state index in [1.807, 2.05) is 29.2 Å². The Labute approximate surface area is 150 Å². The zero-order valence-corrected chi connectivity index (χ0v) is 14.1. The van der Waals surface area contributed by atoms with Crippen LogP contribution >= 0.6 is 0 Å². The lowest BCUT2D eigenvalue weighted by atomic mass is 10.1. The van der Waals surface area contributed by atoms with Gasteiger partial charge in [-0.2, -0.15) is 0 Å². The summed E-state index contributed by atoms with van der Waals surface area (Å²) in [6.07, 6.45) is 5.03. The van der Waals surface area contributed by atoms with Gasteiger partial charge in [0.15, 0.2) is 0 Å². The lowest BCUT2D eigenvalue weighted by molar-refractivity contribution is 0.0746. The Balaban J connectivity index is 1.36. The number of anilines is 1. The van der Waals surface area contributed by atoms with Crippen molar-refractivity contribution in [2.45, 2.75) is 6.54 Å². The molecule has 1 aromatic carbocycles. The van der Waals surface area contributed by atoms with E-state index in [4.69, 9.17) is 0 Å². The van der Waals surface area contributed by atoms with Crippen LogP contribution in [-0.2, 0) is 6.54 Å². The van der Waals surface area contributed by atoms with Gasteiger partial charge in [0.2, 0.25) is 5.95 Å². The molecule has 0 atom stereocenters. The van der Waals surface area contributed by atoms with Crippen LogP contribution in [0.3, 0.4) is 0 Å². The van der Waals surface area contributed by atoms with Gasteiger partial charge in [0.25, 0.3) is 5.91 Å². The first-order chi connectivity index (χ1) is 12.8. The van der Waals surface area contributed by atoms with E-state index in [1.165, 1.54) is 0 Å². The summed E-state index contributed by atoms with van der Waals surface area (Å²) < 4.78 is 1.64. The molecule has 1 fully saturated rings. The summed E-state index contributed by atoms with van der Waals surface area (Å²) in [5.41, 5.74) is 1.73. The topological polar surface area (TPSA) is 92.9 Å². The number of piperazine rings is 1. The van der Waals surface area contributed by atoms with Gasteiger partial charge in [0, 0.05) is 44.1 Å². The highest BCUT2D eigenvalue weighted by atomic mass is 16.2. The van der Waals surface area contributed by atoms with Crippen molar-refractivity contribution in [1.82, 2.24) is 35.1 Å². The lowest BCUT2D eigenvalue weighted by Gasteiger charge is -2.34. The maximum Gasteiger partial charge on any atom is 0.253 e. The Morgan fingerprint density at radius 2 is 1.73 bits per heavy atom. The van der Waals surface area contributed by atoms with Crippen LogP contribution in [0.1, 0.15) is 15.9 Å². The Morgan fingerprint density at radius 3 is 2.38 bits per heavy atom. The van der Waals surface area contributed by atoms with Gasteiger partial charge in [-0.1, -0.05) is 12.1 Å². The van der Waals surface area contributed by atoms with E-state index in [-0.39, 0.29) is 5.91 Å². The molecule has 2 aromatic heterocycles. The molecule has 26 heavy (non-hydrogen) atoms. The molecule has 3 aromatic rings. The monoisotopic (exact) mass is 350 g/mol. The Bertz CT molecular complexity index is 842. The zero-order chi connectivity index (χ0) is 17.8. The van der Waals surface area contributed by atoms with Crippen LogP contribution in [0.2, 0.25) is 0 Å². The van der Waals surface area contributed by atoms with Gasteiger partial charge in [-0.3, -0.25) is 4.79 Å². The van der Waals surface area contributed by atoms with Gasteiger partial charge in [0.05, 0.1) is 6.54 Å². The molecule has 0 saturated carbocycles. The number of hydrogen-bond acceptors (Lipinski definition) is 7. The van der Waals surface area contributed by atoms with Crippen molar-refractivity contribution in [3.8, 4) is 0 Å². The maximum atomic E-state index is 12.7. The van der Waals surface area contributed by atoms with Crippen LogP contribution in [0.25, 0.3) is 0 Å². The molecule has 1 saturated heterocycles. The van der Waals surface area contributed by atoms with Crippen LogP contribution < -0.4 is 4.90 Å². The third-order valence-corrected chi connectivity index (χ3v) is 4.34. The van der Waals surface area contributed by atoms with E-state index >= 15 is 0 Å². The minimum atomic E-state index is 0.0487. The number of tetrazole rings is 1. The average Bonchev–Trinajstić information content (AvgIpc) is 3.22. The number of nitrogens with zero attached hydrogens (tertiary/aromatic N) is 8. The largest absolute Gasteiger partial charge is 0.337 e. The Hall–Kier alpha value is -3.36. The van der Waals surface area contributed by atoms with Crippen molar-refractivity contribution >= 4 is 11.9 Å². The molecule has 3 heterocycles. The fourth-order valence-corrected chi connectivity index (χ4v) is 2.94. The molecule has 0 N–H and O–H groups in total. The fourth-order valence-electron chi connectivity index (χ4n) is 2.94. The second kappa shape index (κ2) is 7.26. The van der Waals surface area contributed by atoms with Crippen LogP contribution in [0.4, 0.5) is 5.95 Å². The van der Waals surface area contributed by atoms with Crippen LogP contribution in [0.5, 0.6) is 0 Å². The van der Waals surface area contributed by atoms with Gasteiger partial charge in [-0.25, -0.2) is 14.6 Å². The van der Waals surface area contributed by atoms with Crippen molar-refractivity contribution in [2.75, 3.05) is 31.1 Å². The van der Waals surface area contributed by atoms with Crippen LogP contribution in [0.15, 0.2) is 49.1 Å². The second-order valence-corrected chi connectivity index (χ2v) is 6.03. The van der Waals surface area contributed by atoms with Gasteiger partial charge in [-0.15, -0.1) is 5.10 Å². The molecule has 132 valence electrons. The number of carbonyl (C=O) groups excluding carboxylic acids is 1. The summed E-state index contributed by atoms with van der Waals surface area (Å²) in [6, 6.07) is 9.38.